The molecule has 0 unspecified atom stereocenters. The van der Waals surface area contributed by atoms with Gasteiger partial charge in [0.05, 0.1) is 6.26 Å². The Bertz CT molecular complexity index is 262. The zero-order valence-corrected chi connectivity index (χ0v) is 4.37. The van der Waals surface area contributed by atoms with Crippen molar-refractivity contribution >= 4 is 0 Å². The maximum atomic E-state index is 10.3. The third kappa shape index (κ3) is 0.861. The van der Waals surface area contributed by atoms with E-state index in [1.807, 2.05) is 0 Å². The molecular weight excluding hydrogens is 124 g/mol. The fourth-order valence-electron chi connectivity index (χ4n) is 0.400. The van der Waals surface area contributed by atoms with Crippen molar-refractivity contribution in [1.29, 1.82) is 0 Å². The van der Waals surface area contributed by atoms with E-state index in [0.29, 0.717) is 0 Å². The first-order chi connectivity index (χ1) is 4.22. The Labute approximate surface area is 50.0 Å². The highest BCUT2D eigenvalue weighted by molar-refractivity contribution is 5.31. The van der Waals surface area contributed by atoms with E-state index < -0.39 is 17.1 Å². The first-order valence-corrected chi connectivity index (χ1v) is 2.21. The Kier molecular flexibility index (Phi) is 1.14. The van der Waals surface area contributed by atoms with Gasteiger partial charge in [0.2, 0.25) is 5.75 Å². The Morgan fingerprint density at radius 3 is 2.56 bits per heavy atom. The first-order valence-electron chi connectivity index (χ1n) is 2.21. The van der Waals surface area contributed by atoms with E-state index in [1.54, 1.807) is 0 Å². The summed E-state index contributed by atoms with van der Waals surface area (Å²) in [5, 5.41) is 17.1. The van der Waals surface area contributed by atoms with Crippen molar-refractivity contribution in [2.75, 3.05) is 0 Å². The molecule has 9 heavy (non-hydrogen) atoms. The Morgan fingerprint density at radius 1 is 1.44 bits per heavy atom. The van der Waals surface area contributed by atoms with Gasteiger partial charge in [-0.15, -0.1) is 0 Å². The van der Waals surface area contributed by atoms with Gasteiger partial charge in [0.15, 0.2) is 5.75 Å². The van der Waals surface area contributed by atoms with Gasteiger partial charge in [0.1, 0.15) is 0 Å². The topological polar surface area (TPSA) is 70.7 Å². The molecule has 2 N–H and O–H groups in total. The zero-order valence-electron chi connectivity index (χ0n) is 4.37. The third-order valence-corrected chi connectivity index (χ3v) is 0.837. The van der Waals surface area contributed by atoms with Crippen LogP contribution >= 0.6 is 0 Å². The van der Waals surface area contributed by atoms with Crippen LogP contribution in [-0.2, 0) is 0 Å². The summed E-state index contributed by atoms with van der Waals surface area (Å²) in [4.78, 5) is 10.3. The predicted octanol–water partition coefficient (Wildman–Crippen LogP) is 0.0510. The summed E-state index contributed by atoms with van der Waals surface area (Å²) in [6.07, 6.45) is 0.997. The molecule has 1 aromatic heterocycles. The minimum absolute atomic E-state index is 0.466. The molecule has 0 atom stereocenters. The van der Waals surface area contributed by atoms with Crippen molar-refractivity contribution < 1.29 is 14.6 Å². The second kappa shape index (κ2) is 1.81. The summed E-state index contributed by atoms with van der Waals surface area (Å²) in [5.41, 5.74) is -0.935. The molecular formula is C5H4O4. The molecule has 0 radical (unpaired) electrons. The Morgan fingerprint density at radius 2 is 2.11 bits per heavy atom. The molecule has 1 aromatic rings. The Balaban J connectivity index is 3.43. The van der Waals surface area contributed by atoms with E-state index in [1.165, 1.54) is 0 Å². The summed E-state index contributed by atoms with van der Waals surface area (Å²) in [7, 11) is 0. The van der Waals surface area contributed by atoms with E-state index in [4.69, 9.17) is 10.2 Å². The molecule has 1 rings (SSSR count). The fraction of sp³-hybridized carbons (Fsp3) is 0. The van der Waals surface area contributed by atoms with Crippen molar-refractivity contribution in [3.8, 4) is 11.5 Å². The van der Waals surface area contributed by atoms with Crippen LogP contribution in [0.2, 0.25) is 0 Å². The quantitative estimate of drug-likeness (QED) is 0.518. The maximum Gasteiger partial charge on any atom is 0.382 e. The molecule has 0 saturated heterocycles. The minimum atomic E-state index is -0.935. The Hall–Kier alpha value is -1.45. The van der Waals surface area contributed by atoms with Crippen LogP contribution in [-0.4, -0.2) is 10.2 Å². The number of hydrogen-bond donors (Lipinski definition) is 2. The lowest BCUT2D eigenvalue weighted by Gasteiger charge is -1.89. The summed E-state index contributed by atoms with van der Waals surface area (Å²) in [5.74, 6) is -1.22. The third-order valence-electron chi connectivity index (χ3n) is 0.837. The van der Waals surface area contributed by atoms with Crippen LogP contribution in [0.15, 0.2) is 21.5 Å². The zero-order chi connectivity index (χ0) is 6.85. The van der Waals surface area contributed by atoms with Gasteiger partial charge in [-0.05, 0) is 0 Å². The van der Waals surface area contributed by atoms with E-state index in [9.17, 15) is 4.79 Å². The van der Waals surface area contributed by atoms with Crippen LogP contribution in [0.1, 0.15) is 0 Å². The van der Waals surface area contributed by atoms with Gasteiger partial charge in [-0.2, -0.15) is 0 Å². The smallest absolute Gasteiger partial charge is 0.382 e. The van der Waals surface area contributed by atoms with Crippen molar-refractivity contribution in [1.82, 2.24) is 0 Å². The van der Waals surface area contributed by atoms with Crippen LogP contribution < -0.4 is 5.63 Å². The second-order valence-corrected chi connectivity index (χ2v) is 1.44. The summed E-state index contributed by atoms with van der Waals surface area (Å²) >= 11 is 0. The molecule has 0 aliphatic heterocycles. The van der Waals surface area contributed by atoms with Crippen LogP contribution in [0.3, 0.4) is 0 Å². The molecule has 0 aromatic carbocycles. The molecule has 0 aliphatic carbocycles. The highest BCUT2D eigenvalue weighted by Gasteiger charge is 2.01. The largest absolute Gasteiger partial charge is 0.504 e. The van der Waals surface area contributed by atoms with Crippen LogP contribution in [0.5, 0.6) is 11.5 Å². The maximum absolute atomic E-state index is 10.3. The predicted molar refractivity (Wildman–Crippen MR) is 28.3 cm³/mol. The standard InChI is InChI=1S/C5H4O4/c6-3-1-2-9-5(8)4(3)7/h1-2,6-7H. The summed E-state index contributed by atoms with van der Waals surface area (Å²) < 4.78 is 4.17. The lowest BCUT2D eigenvalue weighted by molar-refractivity contribution is 0.364. The molecule has 0 spiro atoms. The highest BCUT2D eigenvalue weighted by Crippen LogP contribution is 2.16. The number of aromatic hydroxyl groups is 2. The molecule has 48 valence electrons. The van der Waals surface area contributed by atoms with Gasteiger partial charge in [0.25, 0.3) is 0 Å². The number of rotatable bonds is 0. The van der Waals surface area contributed by atoms with E-state index in [2.05, 4.69) is 4.42 Å². The summed E-state index contributed by atoms with van der Waals surface area (Å²) in [6.45, 7) is 0. The van der Waals surface area contributed by atoms with Gasteiger partial charge in [-0.25, -0.2) is 4.79 Å². The monoisotopic (exact) mass is 128 g/mol. The molecule has 0 aliphatic rings. The van der Waals surface area contributed by atoms with E-state index in [-0.39, 0.29) is 0 Å². The molecule has 0 amide bonds. The van der Waals surface area contributed by atoms with Gasteiger partial charge in [-0.1, -0.05) is 0 Å². The van der Waals surface area contributed by atoms with Crippen molar-refractivity contribution in [3.63, 3.8) is 0 Å². The molecule has 0 bridgehead atoms. The average molecular weight is 128 g/mol. The minimum Gasteiger partial charge on any atom is -0.504 e. The van der Waals surface area contributed by atoms with Crippen molar-refractivity contribution in [2.45, 2.75) is 0 Å². The van der Waals surface area contributed by atoms with Crippen LogP contribution in [0, 0.1) is 0 Å². The van der Waals surface area contributed by atoms with Crippen LogP contribution in [0.25, 0.3) is 0 Å². The second-order valence-electron chi connectivity index (χ2n) is 1.44. The van der Waals surface area contributed by atoms with E-state index >= 15 is 0 Å². The van der Waals surface area contributed by atoms with Gasteiger partial charge in [-0.3, -0.25) is 0 Å². The lowest BCUT2D eigenvalue weighted by Crippen LogP contribution is -1.95. The summed E-state index contributed by atoms with van der Waals surface area (Å²) in [6, 6.07) is 1.08. The molecule has 0 saturated carbocycles. The van der Waals surface area contributed by atoms with Crippen molar-refractivity contribution in [3.05, 3.63) is 22.7 Å². The lowest BCUT2D eigenvalue weighted by atomic mass is 10.4. The molecule has 4 nitrogen and oxygen atoms in total. The van der Waals surface area contributed by atoms with Gasteiger partial charge >= 0.3 is 5.63 Å². The van der Waals surface area contributed by atoms with Gasteiger partial charge in [0, 0.05) is 6.07 Å². The van der Waals surface area contributed by atoms with E-state index in [0.717, 1.165) is 12.3 Å². The molecule has 4 heteroatoms. The van der Waals surface area contributed by atoms with Gasteiger partial charge < -0.3 is 14.6 Å². The molecule has 1 heterocycles. The molecule has 0 fully saturated rings. The normalized spacial score (nSPS) is 9.33. The fourth-order valence-corrected chi connectivity index (χ4v) is 0.400. The first kappa shape index (κ1) is 5.68. The SMILES string of the molecule is O=c1occc(O)c1O. The van der Waals surface area contributed by atoms with Crippen LogP contribution in [0.4, 0.5) is 0 Å². The average Bonchev–Trinajstić information content (AvgIpc) is 1.83. The van der Waals surface area contributed by atoms with Crippen molar-refractivity contribution in [2.24, 2.45) is 0 Å². The number of hydrogen-bond acceptors (Lipinski definition) is 4. The highest BCUT2D eigenvalue weighted by atomic mass is 16.4.